The van der Waals surface area contributed by atoms with Crippen molar-refractivity contribution in [2.24, 2.45) is 0 Å². The minimum atomic E-state index is -0.176. The van der Waals surface area contributed by atoms with E-state index < -0.39 is 0 Å². The maximum atomic E-state index is 11.7. The lowest BCUT2D eigenvalue weighted by Gasteiger charge is -2.08. The molecule has 2 rings (SSSR count). The Bertz CT molecular complexity index is 538. The van der Waals surface area contributed by atoms with E-state index in [0.717, 1.165) is 16.9 Å². The number of urea groups is 1. The largest absolute Gasteiger partial charge is 0.497 e. The summed E-state index contributed by atoms with van der Waals surface area (Å²) in [5.74, 6) is 0.808. The van der Waals surface area contributed by atoms with Crippen LogP contribution in [0.25, 0.3) is 0 Å². The highest BCUT2D eigenvalue weighted by Crippen LogP contribution is 2.10. The van der Waals surface area contributed by atoms with Crippen molar-refractivity contribution in [2.75, 3.05) is 7.11 Å². The summed E-state index contributed by atoms with van der Waals surface area (Å²) in [5, 5.41) is 5.63. The lowest BCUT2D eigenvalue weighted by molar-refractivity contribution is 0.240. The molecule has 0 aliphatic heterocycles. The van der Waals surface area contributed by atoms with Crippen molar-refractivity contribution >= 4 is 6.03 Å². The molecule has 0 fully saturated rings. The van der Waals surface area contributed by atoms with E-state index in [9.17, 15) is 4.79 Å². The second-order valence-electron chi connectivity index (χ2n) is 4.37. The Morgan fingerprint density at radius 1 is 0.900 bits per heavy atom. The second-order valence-corrected chi connectivity index (χ2v) is 4.37. The van der Waals surface area contributed by atoms with Crippen LogP contribution in [0, 0.1) is 0 Å². The Kier molecular flexibility index (Phi) is 5.00. The quantitative estimate of drug-likeness (QED) is 0.877. The van der Waals surface area contributed by atoms with Crippen LogP contribution in [0.15, 0.2) is 54.6 Å². The number of ether oxygens (including phenoxy) is 1. The number of nitrogens with one attached hydrogen (secondary N) is 2. The van der Waals surface area contributed by atoms with Crippen molar-refractivity contribution < 1.29 is 9.53 Å². The molecular weight excluding hydrogens is 252 g/mol. The minimum absolute atomic E-state index is 0.176. The van der Waals surface area contributed by atoms with E-state index in [0.29, 0.717) is 13.1 Å². The molecule has 2 N–H and O–H groups in total. The first kappa shape index (κ1) is 13.9. The Hall–Kier alpha value is -2.49. The molecule has 4 heteroatoms. The summed E-state index contributed by atoms with van der Waals surface area (Å²) < 4.78 is 5.08. The number of rotatable bonds is 5. The van der Waals surface area contributed by atoms with Crippen LogP contribution in [0.1, 0.15) is 11.1 Å². The van der Waals surface area contributed by atoms with Crippen LogP contribution in [-0.2, 0) is 13.1 Å². The predicted molar refractivity (Wildman–Crippen MR) is 78.5 cm³/mol. The number of hydrogen-bond donors (Lipinski definition) is 2. The number of amides is 2. The summed E-state index contributed by atoms with van der Waals surface area (Å²) in [7, 11) is 1.63. The summed E-state index contributed by atoms with van der Waals surface area (Å²) in [6.07, 6.45) is 0. The molecule has 0 unspecified atom stereocenters. The highest BCUT2D eigenvalue weighted by molar-refractivity contribution is 5.73. The van der Waals surface area contributed by atoms with Crippen LogP contribution in [0.3, 0.4) is 0 Å². The van der Waals surface area contributed by atoms with Crippen LogP contribution < -0.4 is 15.4 Å². The standard InChI is InChI=1S/C16H18N2O2/c1-20-15-9-7-14(8-10-15)12-18-16(19)17-11-13-5-3-2-4-6-13/h2-10H,11-12H2,1H3,(H2,17,18,19). The first-order valence-electron chi connectivity index (χ1n) is 6.46. The van der Waals surface area contributed by atoms with Gasteiger partial charge in [-0.15, -0.1) is 0 Å². The van der Waals surface area contributed by atoms with E-state index in [4.69, 9.17) is 4.74 Å². The number of carbonyl (C=O) groups excluding carboxylic acids is 1. The van der Waals surface area contributed by atoms with E-state index in [1.54, 1.807) is 7.11 Å². The monoisotopic (exact) mass is 270 g/mol. The Morgan fingerprint density at radius 2 is 1.45 bits per heavy atom. The average molecular weight is 270 g/mol. The maximum absolute atomic E-state index is 11.7. The fraction of sp³-hybridized carbons (Fsp3) is 0.188. The molecule has 0 aliphatic carbocycles. The van der Waals surface area contributed by atoms with Gasteiger partial charge >= 0.3 is 6.03 Å². The van der Waals surface area contributed by atoms with Crippen molar-refractivity contribution in [3.8, 4) is 5.75 Å². The Balaban J connectivity index is 1.74. The van der Waals surface area contributed by atoms with Gasteiger partial charge in [0.05, 0.1) is 7.11 Å². The normalized spacial score (nSPS) is 9.85. The van der Waals surface area contributed by atoms with Gasteiger partial charge < -0.3 is 15.4 Å². The van der Waals surface area contributed by atoms with E-state index in [1.165, 1.54) is 0 Å². The molecule has 2 aromatic carbocycles. The van der Waals surface area contributed by atoms with Crippen molar-refractivity contribution in [3.63, 3.8) is 0 Å². The van der Waals surface area contributed by atoms with Crippen LogP contribution >= 0.6 is 0 Å². The van der Waals surface area contributed by atoms with Crippen LogP contribution in [0.2, 0.25) is 0 Å². The summed E-state index contributed by atoms with van der Waals surface area (Å²) in [6, 6.07) is 17.2. The molecule has 0 heterocycles. The van der Waals surface area contributed by atoms with Gasteiger partial charge in [0, 0.05) is 13.1 Å². The summed E-state index contributed by atoms with van der Waals surface area (Å²) in [5.41, 5.74) is 2.10. The van der Waals surface area contributed by atoms with Crippen molar-refractivity contribution in [2.45, 2.75) is 13.1 Å². The van der Waals surface area contributed by atoms with Crippen molar-refractivity contribution in [1.29, 1.82) is 0 Å². The zero-order chi connectivity index (χ0) is 14.2. The maximum Gasteiger partial charge on any atom is 0.315 e. The van der Waals surface area contributed by atoms with E-state index in [-0.39, 0.29) is 6.03 Å². The van der Waals surface area contributed by atoms with Gasteiger partial charge in [0.25, 0.3) is 0 Å². The highest BCUT2D eigenvalue weighted by Gasteiger charge is 2.00. The van der Waals surface area contributed by atoms with Crippen LogP contribution in [0.5, 0.6) is 5.75 Å². The molecule has 0 aliphatic rings. The number of benzene rings is 2. The zero-order valence-corrected chi connectivity index (χ0v) is 11.4. The topological polar surface area (TPSA) is 50.4 Å². The fourth-order valence-corrected chi connectivity index (χ4v) is 1.77. The molecule has 20 heavy (non-hydrogen) atoms. The van der Waals surface area contributed by atoms with E-state index in [1.807, 2.05) is 54.6 Å². The molecule has 0 aromatic heterocycles. The van der Waals surface area contributed by atoms with E-state index >= 15 is 0 Å². The van der Waals surface area contributed by atoms with Gasteiger partial charge in [-0.1, -0.05) is 42.5 Å². The van der Waals surface area contributed by atoms with Crippen LogP contribution in [0.4, 0.5) is 4.79 Å². The molecule has 0 radical (unpaired) electrons. The number of carbonyl (C=O) groups is 1. The Labute approximate surface area is 118 Å². The van der Waals surface area contributed by atoms with Gasteiger partial charge in [-0.3, -0.25) is 0 Å². The smallest absolute Gasteiger partial charge is 0.315 e. The first-order valence-corrected chi connectivity index (χ1v) is 6.46. The van der Waals surface area contributed by atoms with Gasteiger partial charge in [-0.05, 0) is 23.3 Å². The Morgan fingerprint density at radius 3 is 2.00 bits per heavy atom. The molecule has 104 valence electrons. The summed E-state index contributed by atoms with van der Waals surface area (Å²) in [4.78, 5) is 11.7. The minimum Gasteiger partial charge on any atom is -0.497 e. The second kappa shape index (κ2) is 7.19. The molecule has 0 bridgehead atoms. The van der Waals surface area contributed by atoms with Crippen molar-refractivity contribution in [1.82, 2.24) is 10.6 Å². The first-order chi connectivity index (χ1) is 9.78. The third kappa shape index (κ3) is 4.31. The fourth-order valence-electron chi connectivity index (χ4n) is 1.77. The third-order valence-corrected chi connectivity index (χ3v) is 2.91. The van der Waals surface area contributed by atoms with Gasteiger partial charge in [0.15, 0.2) is 0 Å². The molecular formula is C16H18N2O2. The average Bonchev–Trinajstić information content (AvgIpc) is 2.52. The molecule has 0 saturated carbocycles. The van der Waals surface area contributed by atoms with Gasteiger partial charge in [-0.2, -0.15) is 0 Å². The van der Waals surface area contributed by atoms with Gasteiger partial charge in [-0.25, -0.2) is 4.79 Å². The van der Waals surface area contributed by atoms with Gasteiger partial charge in [0.2, 0.25) is 0 Å². The highest BCUT2D eigenvalue weighted by atomic mass is 16.5. The molecule has 0 saturated heterocycles. The predicted octanol–water partition coefficient (Wildman–Crippen LogP) is 2.69. The lowest BCUT2D eigenvalue weighted by Crippen LogP contribution is -2.34. The van der Waals surface area contributed by atoms with Crippen molar-refractivity contribution in [3.05, 3.63) is 65.7 Å². The number of methoxy groups -OCH3 is 1. The number of hydrogen-bond acceptors (Lipinski definition) is 2. The third-order valence-electron chi connectivity index (χ3n) is 2.91. The molecule has 2 aromatic rings. The van der Waals surface area contributed by atoms with E-state index in [2.05, 4.69) is 10.6 Å². The lowest BCUT2D eigenvalue weighted by atomic mass is 10.2. The SMILES string of the molecule is COc1ccc(CNC(=O)NCc2ccccc2)cc1. The molecule has 2 amide bonds. The zero-order valence-electron chi connectivity index (χ0n) is 11.4. The molecule has 0 spiro atoms. The van der Waals surface area contributed by atoms with Gasteiger partial charge in [0.1, 0.15) is 5.75 Å². The molecule has 4 nitrogen and oxygen atoms in total. The molecule has 0 atom stereocenters. The summed E-state index contributed by atoms with van der Waals surface area (Å²) in [6.45, 7) is 1.01. The summed E-state index contributed by atoms with van der Waals surface area (Å²) >= 11 is 0. The van der Waals surface area contributed by atoms with Crippen LogP contribution in [-0.4, -0.2) is 13.1 Å².